The monoisotopic (exact) mass is 279 g/mol. The van der Waals surface area contributed by atoms with E-state index in [1.165, 1.54) is 0 Å². The molecular weight excluding hydrogens is 258 g/mol. The molecule has 110 valence electrons. The molecule has 0 spiro atoms. The number of rotatable bonds is 6. The number of ether oxygens (including phenoxy) is 3. The van der Waals surface area contributed by atoms with Crippen molar-refractivity contribution in [2.75, 3.05) is 41.0 Å². The van der Waals surface area contributed by atoms with Gasteiger partial charge >= 0.3 is 0 Å². The van der Waals surface area contributed by atoms with Crippen LogP contribution in [0.15, 0.2) is 23.2 Å². The topological polar surface area (TPSA) is 69.3 Å². The third-order valence-corrected chi connectivity index (χ3v) is 3.39. The fourth-order valence-corrected chi connectivity index (χ4v) is 2.30. The number of nitrogens with two attached hydrogens (primary N) is 1. The van der Waals surface area contributed by atoms with Gasteiger partial charge in [-0.25, -0.2) is 0 Å². The Morgan fingerprint density at radius 3 is 2.40 bits per heavy atom. The molecule has 1 heterocycles. The van der Waals surface area contributed by atoms with Gasteiger partial charge in [-0.3, -0.25) is 4.99 Å². The Morgan fingerprint density at radius 1 is 1.20 bits per heavy atom. The second-order valence-corrected chi connectivity index (χ2v) is 4.55. The first-order valence-corrected chi connectivity index (χ1v) is 6.48. The number of guanidine groups is 1. The molecule has 2 rings (SSSR count). The van der Waals surface area contributed by atoms with Crippen LogP contribution < -0.4 is 15.2 Å². The van der Waals surface area contributed by atoms with Gasteiger partial charge in [0.2, 0.25) is 0 Å². The largest absolute Gasteiger partial charge is 0.497 e. The molecule has 0 amide bonds. The zero-order valence-electron chi connectivity index (χ0n) is 12.1. The van der Waals surface area contributed by atoms with Crippen LogP contribution in [0.1, 0.15) is 11.6 Å². The van der Waals surface area contributed by atoms with Crippen molar-refractivity contribution >= 4 is 5.96 Å². The van der Waals surface area contributed by atoms with E-state index in [0.29, 0.717) is 25.7 Å². The highest BCUT2D eigenvalue weighted by Gasteiger charge is 2.27. The van der Waals surface area contributed by atoms with Crippen LogP contribution in [-0.2, 0) is 4.74 Å². The standard InChI is InChI=1S/C14H21N3O3/c1-18-5-4-17-13(9-16-14(17)15)10-6-11(19-2)8-12(7-10)20-3/h6-8,13H,4-5,9H2,1-3H3,(H2,15,16). The average molecular weight is 279 g/mol. The van der Waals surface area contributed by atoms with Gasteiger partial charge in [-0.05, 0) is 17.7 Å². The number of benzene rings is 1. The molecule has 1 atom stereocenters. The average Bonchev–Trinajstić information content (AvgIpc) is 2.85. The van der Waals surface area contributed by atoms with Gasteiger partial charge < -0.3 is 24.8 Å². The quantitative estimate of drug-likeness (QED) is 0.842. The van der Waals surface area contributed by atoms with Crippen molar-refractivity contribution < 1.29 is 14.2 Å². The zero-order valence-corrected chi connectivity index (χ0v) is 12.1. The Balaban J connectivity index is 2.25. The molecule has 0 aromatic heterocycles. The van der Waals surface area contributed by atoms with Crippen LogP contribution in [0.2, 0.25) is 0 Å². The second kappa shape index (κ2) is 6.47. The molecule has 0 aliphatic carbocycles. The number of hydrogen-bond donors (Lipinski definition) is 1. The number of hydrogen-bond acceptors (Lipinski definition) is 6. The minimum Gasteiger partial charge on any atom is -0.497 e. The van der Waals surface area contributed by atoms with E-state index in [0.717, 1.165) is 17.1 Å². The SMILES string of the molecule is COCCN1C(N)=NCC1c1cc(OC)cc(OC)c1. The summed E-state index contributed by atoms with van der Waals surface area (Å²) < 4.78 is 15.7. The Bertz CT molecular complexity index is 468. The molecule has 1 unspecified atom stereocenters. The molecule has 20 heavy (non-hydrogen) atoms. The van der Waals surface area contributed by atoms with Crippen molar-refractivity contribution in [1.82, 2.24) is 4.90 Å². The molecule has 0 bridgehead atoms. The summed E-state index contributed by atoms with van der Waals surface area (Å²) in [6.45, 7) is 1.94. The van der Waals surface area contributed by atoms with Gasteiger partial charge in [0.25, 0.3) is 0 Å². The van der Waals surface area contributed by atoms with E-state index in [-0.39, 0.29) is 6.04 Å². The van der Waals surface area contributed by atoms with Gasteiger partial charge in [-0.1, -0.05) is 0 Å². The van der Waals surface area contributed by atoms with E-state index in [2.05, 4.69) is 4.99 Å². The van der Waals surface area contributed by atoms with Crippen LogP contribution in [0.25, 0.3) is 0 Å². The van der Waals surface area contributed by atoms with Crippen molar-refractivity contribution in [3.8, 4) is 11.5 Å². The smallest absolute Gasteiger partial charge is 0.192 e. The summed E-state index contributed by atoms with van der Waals surface area (Å²) in [5.41, 5.74) is 7.02. The molecule has 1 aromatic carbocycles. The minimum atomic E-state index is 0.0918. The van der Waals surface area contributed by atoms with E-state index in [1.807, 2.05) is 23.1 Å². The van der Waals surface area contributed by atoms with Gasteiger partial charge in [0.1, 0.15) is 11.5 Å². The molecule has 1 aliphatic rings. The highest BCUT2D eigenvalue weighted by molar-refractivity contribution is 5.80. The van der Waals surface area contributed by atoms with Gasteiger partial charge in [0.15, 0.2) is 5.96 Å². The summed E-state index contributed by atoms with van der Waals surface area (Å²) in [7, 11) is 4.95. The summed E-state index contributed by atoms with van der Waals surface area (Å²) in [6.07, 6.45) is 0. The van der Waals surface area contributed by atoms with E-state index in [4.69, 9.17) is 19.9 Å². The summed E-state index contributed by atoms with van der Waals surface area (Å²) in [5, 5.41) is 0. The van der Waals surface area contributed by atoms with Gasteiger partial charge in [0.05, 0.1) is 33.4 Å². The van der Waals surface area contributed by atoms with Crippen LogP contribution in [0.5, 0.6) is 11.5 Å². The summed E-state index contributed by atoms with van der Waals surface area (Å²) >= 11 is 0. The Kier molecular flexibility index (Phi) is 4.68. The number of nitrogens with zero attached hydrogens (tertiary/aromatic N) is 2. The lowest BCUT2D eigenvalue weighted by atomic mass is 10.1. The number of aliphatic imine (C=N–C) groups is 1. The van der Waals surface area contributed by atoms with Crippen molar-refractivity contribution in [1.29, 1.82) is 0 Å². The Labute approximate surface area is 119 Å². The molecule has 0 fully saturated rings. The third-order valence-electron chi connectivity index (χ3n) is 3.39. The molecule has 6 nitrogen and oxygen atoms in total. The normalized spacial score (nSPS) is 18.1. The predicted octanol–water partition coefficient (Wildman–Crippen LogP) is 1.02. The highest BCUT2D eigenvalue weighted by Crippen LogP contribution is 2.31. The lowest BCUT2D eigenvalue weighted by molar-refractivity contribution is 0.166. The van der Waals surface area contributed by atoms with Gasteiger partial charge in [0, 0.05) is 19.7 Å². The minimum absolute atomic E-state index is 0.0918. The van der Waals surface area contributed by atoms with Crippen molar-refractivity contribution in [2.45, 2.75) is 6.04 Å². The van der Waals surface area contributed by atoms with Crippen LogP contribution in [-0.4, -0.2) is 51.9 Å². The Morgan fingerprint density at radius 2 is 1.85 bits per heavy atom. The lowest BCUT2D eigenvalue weighted by Crippen LogP contribution is -2.38. The number of methoxy groups -OCH3 is 3. The van der Waals surface area contributed by atoms with E-state index >= 15 is 0 Å². The molecule has 1 aromatic rings. The highest BCUT2D eigenvalue weighted by atomic mass is 16.5. The Hall–Kier alpha value is -1.95. The lowest BCUT2D eigenvalue weighted by Gasteiger charge is -2.26. The summed E-state index contributed by atoms with van der Waals surface area (Å²) in [5.74, 6) is 2.07. The van der Waals surface area contributed by atoms with E-state index in [9.17, 15) is 0 Å². The maximum absolute atomic E-state index is 5.95. The van der Waals surface area contributed by atoms with Crippen LogP contribution >= 0.6 is 0 Å². The van der Waals surface area contributed by atoms with E-state index < -0.39 is 0 Å². The van der Waals surface area contributed by atoms with Gasteiger partial charge in [-0.15, -0.1) is 0 Å². The van der Waals surface area contributed by atoms with Crippen LogP contribution in [0, 0.1) is 0 Å². The molecule has 1 aliphatic heterocycles. The van der Waals surface area contributed by atoms with Crippen LogP contribution in [0.3, 0.4) is 0 Å². The first-order chi connectivity index (χ1) is 9.69. The molecule has 0 radical (unpaired) electrons. The molecule has 2 N–H and O–H groups in total. The van der Waals surface area contributed by atoms with Gasteiger partial charge in [-0.2, -0.15) is 0 Å². The van der Waals surface area contributed by atoms with Crippen molar-refractivity contribution in [3.05, 3.63) is 23.8 Å². The van der Waals surface area contributed by atoms with Crippen molar-refractivity contribution in [2.24, 2.45) is 10.7 Å². The van der Waals surface area contributed by atoms with Crippen molar-refractivity contribution in [3.63, 3.8) is 0 Å². The maximum Gasteiger partial charge on any atom is 0.192 e. The molecule has 6 heteroatoms. The molecule has 0 saturated heterocycles. The third kappa shape index (κ3) is 2.96. The first-order valence-electron chi connectivity index (χ1n) is 6.48. The maximum atomic E-state index is 5.95. The molecule has 0 saturated carbocycles. The second-order valence-electron chi connectivity index (χ2n) is 4.55. The summed E-state index contributed by atoms with van der Waals surface area (Å²) in [4.78, 5) is 6.36. The predicted molar refractivity (Wildman–Crippen MR) is 77.4 cm³/mol. The van der Waals surface area contributed by atoms with E-state index in [1.54, 1.807) is 21.3 Å². The fourth-order valence-electron chi connectivity index (χ4n) is 2.30. The summed E-state index contributed by atoms with van der Waals surface area (Å²) in [6, 6.07) is 5.92. The zero-order chi connectivity index (χ0) is 14.5. The first kappa shape index (κ1) is 14.5. The van der Waals surface area contributed by atoms with Crippen LogP contribution in [0.4, 0.5) is 0 Å². The fraction of sp³-hybridized carbons (Fsp3) is 0.500. The molecular formula is C14H21N3O3.